The molecule has 0 fully saturated rings. The molecule has 16 heavy (non-hydrogen) atoms. The summed E-state index contributed by atoms with van der Waals surface area (Å²) in [7, 11) is 0. The molecule has 0 aliphatic carbocycles. The summed E-state index contributed by atoms with van der Waals surface area (Å²) >= 11 is 0. The summed E-state index contributed by atoms with van der Waals surface area (Å²) in [5, 5.41) is 0. The van der Waals surface area contributed by atoms with E-state index >= 15 is 0 Å². The number of hydrogen-bond donors (Lipinski definition) is 0. The Kier molecular flexibility index (Phi) is 3.35. The molecule has 0 spiro atoms. The molecular weight excluding hydrogens is 199 g/mol. The lowest BCUT2D eigenvalue weighted by Crippen LogP contribution is -1.99. The number of hydrogen-bond acceptors (Lipinski definition) is 0. The fourth-order valence-electron chi connectivity index (χ4n) is 2.04. The van der Waals surface area contributed by atoms with E-state index < -0.39 is 0 Å². The van der Waals surface area contributed by atoms with Crippen molar-refractivity contribution < 1.29 is 4.39 Å². The molecule has 0 aromatic heterocycles. The van der Waals surface area contributed by atoms with Crippen LogP contribution in [0.25, 0.3) is 0 Å². The fourth-order valence-corrected chi connectivity index (χ4v) is 2.04. The van der Waals surface area contributed by atoms with Crippen molar-refractivity contribution in [2.45, 2.75) is 19.3 Å². The average Bonchev–Trinajstić information content (AvgIpc) is 2.34. The van der Waals surface area contributed by atoms with Crippen LogP contribution < -0.4 is 0 Å². The van der Waals surface area contributed by atoms with E-state index in [0.717, 1.165) is 6.42 Å². The van der Waals surface area contributed by atoms with E-state index in [-0.39, 0.29) is 5.82 Å². The van der Waals surface area contributed by atoms with E-state index in [1.165, 1.54) is 23.3 Å². The van der Waals surface area contributed by atoms with Crippen molar-refractivity contribution in [1.29, 1.82) is 0 Å². The Bertz CT molecular complexity index is 431. The van der Waals surface area contributed by atoms with Gasteiger partial charge in [0.05, 0.1) is 0 Å². The van der Waals surface area contributed by atoms with Crippen molar-refractivity contribution in [3.05, 3.63) is 71.5 Å². The highest BCUT2D eigenvalue weighted by molar-refractivity contribution is 5.32. The third-order valence-electron chi connectivity index (χ3n) is 2.88. The third-order valence-corrected chi connectivity index (χ3v) is 2.88. The van der Waals surface area contributed by atoms with E-state index in [9.17, 15) is 4.39 Å². The fraction of sp³-hybridized carbons (Fsp3) is 0.200. The van der Waals surface area contributed by atoms with Gasteiger partial charge >= 0.3 is 0 Å². The first kappa shape index (κ1) is 10.9. The molecule has 0 heterocycles. The summed E-state index contributed by atoms with van der Waals surface area (Å²) in [4.78, 5) is 0. The van der Waals surface area contributed by atoms with Crippen LogP contribution >= 0.6 is 0 Å². The quantitative estimate of drug-likeness (QED) is 0.711. The molecule has 0 unspecified atom stereocenters. The predicted molar refractivity (Wildman–Crippen MR) is 65.0 cm³/mol. The second-order valence-corrected chi connectivity index (χ2v) is 3.92. The van der Waals surface area contributed by atoms with Crippen LogP contribution in [0.3, 0.4) is 0 Å². The average molecular weight is 214 g/mol. The van der Waals surface area contributed by atoms with Crippen LogP contribution in [-0.4, -0.2) is 0 Å². The van der Waals surface area contributed by atoms with Crippen LogP contribution in [0.15, 0.2) is 54.6 Å². The molecule has 82 valence electrons. The Morgan fingerprint density at radius 2 is 1.44 bits per heavy atom. The number of benzene rings is 2. The van der Waals surface area contributed by atoms with Gasteiger partial charge in [-0.05, 0) is 29.7 Å². The zero-order chi connectivity index (χ0) is 11.4. The summed E-state index contributed by atoms with van der Waals surface area (Å²) in [6, 6.07) is 17.1. The zero-order valence-corrected chi connectivity index (χ0v) is 9.36. The number of halogens is 1. The molecule has 2 rings (SSSR count). The van der Waals surface area contributed by atoms with Gasteiger partial charge in [0.2, 0.25) is 0 Å². The monoisotopic (exact) mass is 214 g/mol. The predicted octanol–water partition coefficient (Wildman–Crippen LogP) is 4.37. The molecule has 0 saturated heterocycles. The molecule has 0 aliphatic rings. The second-order valence-electron chi connectivity index (χ2n) is 3.92. The molecule has 0 amide bonds. The first-order valence-corrected chi connectivity index (χ1v) is 5.61. The molecule has 1 heteroatoms. The van der Waals surface area contributed by atoms with Crippen LogP contribution in [0.2, 0.25) is 0 Å². The Morgan fingerprint density at radius 3 is 2.00 bits per heavy atom. The van der Waals surface area contributed by atoms with Crippen LogP contribution in [0.4, 0.5) is 4.39 Å². The lowest BCUT2D eigenvalue weighted by atomic mass is 9.89. The minimum Gasteiger partial charge on any atom is -0.207 e. The Labute approximate surface area is 95.7 Å². The molecule has 0 N–H and O–H groups in total. The molecule has 2 aromatic carbocycles. The lowest BCUT2D eigenvalue weighted by molar-refractivity contribution is 0.625. The van der Waals surface area contributed by atoms with Gasteiger partial charge in [-0.2, -0.15) is 0 Å². The maximum Gasteiger partial charge on any atom is 0.123 e. The first-order chi connectivity index (χ1) is 7.81. The van der Waals surface area contributed by atoms with Gasteiger partial charge in [0, 0.05) is 5.92 Å². The van der Waals surface area contributed by atoms with Gasteiger partial charge in [0.1, 0.15) is 5.82 Å². The largest absolute Gasteiger partial charge is 0.207 e. The highest BCUT2D eigenvalue weighted by atomic mass is 19.1. The van der Waals surface area contributed by atoms with Crippen LogP contribution in [0, 0.1) is 5.82 Å². The van der Waals surface area contributed by atoms with Gasteiger partial charge in [-0.1, -0.05) is 49.4 Å². The Balaban J connectivity index is 2.33. The minimum atomic E-state index is -0.174. The van der Waals surface area contributed by atoms with E-state index in [1.54, 1.807) is 0 Å². The van der Waals surface area contributed by atoms with Crippen molar-refractivity contribution in [2.75, 3.05) is 0 Å². The summed E-state index contributed by atoms with van der Waals surface area (Å²) < 4.78 is 12.9. The van der Waals surface area contributed by atoms with Crippen molar-refractivity contribution in [1.82, 2.24) is 0 Å². The molecule has 0 nitrogen and oxygen atoms in total. The van der Waals surface area contributed by atoms with Gasteiger partial charge in [-0.15, -0.1) is 0 Å². The Hall–Kier alpha value is -1.63. The van der Waals surface area contributed by atoms with E-state index in [1.807, 2.05) is 30.3 Å². The zero-order valence-electron chi connectivity index (χ0n) is 9.36. The van der Waals surface area contributed by atoms with E-state index in [2.05, 4.69) is 19.1 Å². The van der Waals surface area contributed by atoms with Gasteiger partial charge in [-0.3, -0.25) is 0 Å². The minimum absolute atomic E-state index is 0.174. The summed E-state index contributed by atoms with van der Waals surface area (Å²) in [6.45, 7) is 2.15. The molecule has 0 aliphatic heterocycles. The van der Waals surface area contributed by atoms with Crippen molar-refractivity contribution >= 4 is 0 Å². The first-order valence-electron chi connectivity index (χ1n) is 5.61. The maximum absolute atomic E-state index is 12.9. The van der Waals surface area contributed by atoms with E-state index in [4.69, 9.17) is 0 Å². The molecular formula is C15H15F. The second kappa shape index (κ2) is 4.93. The van der Waals surface area contributed by atoms with Crippen molar-refractivity contribution in [2.24, 2.45) is 0 Å². The van der Waals surface area contributed by atoms with Gasteiger partial charge in [-0.25, -0.2) is 4.39 Å². The maximum atomic E-state index is 12.9. The third kappa shape index (κ3) is 2.30. The molecule has 0 radical (unpaired) electrons. The molecule has 2 aromatic rings. The van der Waals surface area contributed by atoms with Crippen molar-refractivity contribution in [3.8, 4) is 0 Å². The SMILES string of the molecule is CC[C@@H](c1ccccc1)c1ccc(F)cc1. The van der Waals surface area contributed by atoms with Crippen LogP contribution in [0.1, 0.15) is 30.4 Å². The topological polar surface area (TPSA) is 0 Å². The van der Waals surface area contributed by atoms with E-state index in [0.29, 0.717) is 5.92 Å². The summed E-state index contributed by atoms with van der Waals surface area (Å²) in [6.07, 6.45) is 1.02. The van der Waals surface area contributed by atoms with Gasteiger partial charge in [0.25, 0.3) is 0 Å². The van der Waals surface area contributed by atoms with Crippen LogP contribution in [-0.2, 0) is 0 Å². The molecule has 0 saturated carbocycles. The Morgan fingerprint density at radius 1 is 0.875 bits per heavy atom. The number of rotatable bonds is 3. The van der Waals surface area contributed by atoms with Gasteiger partial charge < -0.3 is 0 Å². The molecule has 0 bridgehead atoms. The summed E-state index contributed by atoms with van der Waals surface area (Å²) in [5.74, 6) is 0.188. The molecule has 1 atom stereocenters. The van der Waals surface area contributed by atoms with Crippen molar-refractivity contribution in [3.63, 3.8) is 0 Å². The lowest BCUT2D eigenvalue weighted by Gasteiger charge is -2.15. The van der Waals surface area contributed by atoms with Gasteiger partial charge in [0.15, 0.2) is 0 Å². The van der Waals surface area contributed by atoms with Crippen LogP contribution in [0.5, 0.6) is 0 Å². The highest BCUT2D eigenvalue weighted by Gasteiger charge is 2.11. The summed E-state index contributed by atoms with van der Waals surface area (Å²) in [5.41, 5.74) is 2.46. The highest BCUT2D eigenvalue weighted by Crippen LogP contribution is 2.27. The smallest absolute Gasteiger partial charge is 0.123 e. The normalized spacial score (nSPS) is 12.4. The standard InChI is InChI=1S/C15H15F/c1-2-15(12-6-4-3-5-7-12)13-8-10-14(16)11-9-13/h3-11,15H,2H2,1H3/t15-/m0/s1.